The Labute approximate surface area is 235 Å². The average Bonchev–Trinajstić information content (AvgIpc) is 2.95. The summed E-state index contributed by atoms with van der Waals surface area (Å²) in [5.74, 6) is -0.292. The van der Waals surface area contributed by atoms with Crippen molar-refractivity contribution < 1.29 is 13.2 Å². The van der Waals surface area contributed by atoms with Crippen LogP contribution in [0, 0.1) is 5.82 Å². The molecule has 2 saturated heterocycles. The van der Waals surface area contributed by atoms with Gasteiger partial charge in [0.05, 0.1) is 11.4 Å². The molecule has 2 N–H and O–H groups in total. The molecule has 3 aliphatic heterocycles. The van der Waals surface area contributed by atoms with E-state index in [9.17, 15) is 8.78 Å². The molecular formula is C32H38F3N5. The summed E-state index contributed by atoms with van der Waals surface area (Å²) >= 11 is 0. The van der Waals surface area contributed by atoms with Crippen molar-refractivity contribution in [2.75, 3.05) is 56.5 Å². The molecule has 0 bridgehead atoms. The minimum absolute atomic E-state index is 0.144. The number of likely N-dealkylation sites (tertiary alicyclic amines) is 1. The zero-order chi connectivity index (χ0) is 28.2. The summed E-state index contributed by atoms with van der Waals surface area (Å²) in [6.07, 6.45) is 3.83. The molecule has 0 amide bonds. The van der Waals surface area contributed by atoms with Gasteiger partial charge in [0.2, 0.25) is 0 Å². The fourth-order valence-corrected chi connectivity index (χ4v) is 5.62. The van der Waals surface area contributed by atoms with E-state index >= 15 is 4.39 Å². The number of anilines is 2. The molecule has 212 valence electrons. The molecular weight excluding hydrogens is 511 g/mol. The molecule has 3 heterocycles. The van der Waals surface area contributed by atoms with Gasteiger partial charge in [-0.15, -0.1) is 0 Å². The number of hydrogen-bond donors (Lipinski definition) is 2. The number of piperazine rings is 1. The number of piperidine rings is 1. The minimum atomic E-state index is -2.68. The Morgan fingerprint density at radius 3 is 2.48 bits per heavy atom. The fourth-order valence-electron chi connectivity index (χ4n) is 5.62. The first-order valence-electron chi connectivity index (χ1n) is 14.0. The standard InChI is InChI=1S/C32H38F3N5/c1-22-17-27(32(34)35)28(20-36-22)23(2)37-30-19-25(8-10-31(30)40-15-13-38(3)14-16-40)26-18-24(7-9-29(26)33)21-39-11-5-4-6-12-39/h7-10,17-20,32,36-37H,1-2,4-6,11-16,21H2,3H3. The summed E-state index contributed by atoms with van der Waals surface area (Å²) in [5.41, 5.74) is 4.82. The molecule has 2 aromatic rings. The number of nitrogens with one attached hydrogen (secondary N) is 2. The van der Waals surface area contributed by atoms with Crippen LogP contribution < -0.4 is 15.5 Å². The molecule has 0 radical (unpaired) electrons. The summed E-state index contributed by atoms with van der Waals surface area (Å²) in [7, 11) is 2.09. The molecule has 3 aliphatic rings. The van der Waals surface area contributed by atoms with E-state index in [2.05, 4.69) is 45.5 Å². The van der Waals surface area contributed by atoms with Gasteiger partial charge in [-0.05, 0) is 74.4 Å². The van der Waals surface area contributed by atoms with Crippen LogP contribution in [0.25, 0.3) is 11.1 Å². The molecule has 5 nitrogen and oxygen atoms in total. The fraction of sp³-hybridized carbons (Fsp3) is 0.375. The number of hydrogen-bond acceptors (Lipinski definition) is 5. The monoisotopic (exact) mass is 549 g/mol. The molecule has 8 heteroatoms. The van der Waals surface area contributed by atoms with Gasteiger partial charge < -0.3 is 20.4 Å². The lowest BCUT2D eigenvalue weighted by atomic mass is 9.98. The van der Waals surface area contributed by atoms with E-state index in [1.165, 1.54) is 31.5 Å². The van der Waals surface area contributed by atoms with Crippen LogP contribution in [0.3, 0.4) is 0 Å². The number of nitrogens with zero attached hydrogens (tertiary/aromatic N) is 3. The lowest BCUT2D eigenvalue weighted by Crippen LogP contribution is -2.44. The van der Waals surface area contributed by atoms with Crippen molar-refractivity contribution in [2.24, 2.45) is 0 Å². The van der Waals surface area contributed by atoms with Crippen LogP contribution >= 0.6 is 0 Å². The lowest BCUT2D eigenvalue weighted by Gasteiger charge is -2.35. The predicted molar refractivity (Wildman–Crippen MR) is 158 cm³/mol. The maximum absolute atomic E-state index is 15.2. The van der Waals surface area contributed by atoms with E-state index < -0.39 is 6.43 Å². The highest BCUT2D eigenvalue weighted by molar-refractivity contribution is 5.81. The second-order valence-corrected chi connectivity index (χ2v) is 10.9. The van der Waals surface area contributed by atoms with E-state index in [1.807, 2.05) is 30.3 Å². The Hall–Kier alpha value is -3.49. The molecule has 0 aromatic heterocycles. The van der Waals surface area contributed by atoms with Crippen LogP contribution in [0.2, 0.25) is 0 Å². The molecule has 0 atom stereocenters. The van der Waals surface area contributed by atoms with Gasteiger partial charge in [0, 0.05) is 67.0 Å². The van der Waals surface area contributed by atoms with Crippen LogP contribution in [0.15, 0.2) is 84.4 Å². The Bertz CT molecular complexity index is 1320. The lowest BCUT2D eigenvalue weighted by molar-refractivity contribution is 0.192. The third kappa shape index (κ3) is 6.45. The van der Waals surface area contributed by atoms with Gasteiger partial charge in [-0.1, -0.05) is 31.7 Å². The zero-order valence-electron chi connectivity index (χ0n) is 23.2. The quantitative estimate of drug-likeness (QED) is 0.401. The highest BCUT2D eigenvalue weighted by Gasteiger charge is 2.24. The summed E-state index contributed by atoms with van der Waals surface area (Å²) < 4.78 is 43.0. The van der Waals surface area contributed by atoms with E-state index in [1.54, 1.807) is 6.07 Å². The van der Waals surface area contributed by atoms with Crippen LogP contribution in [0.4, 0.5) is 24.5 Å². The highest BCUT2D eigenvalue weighted by Crippen LogP contribution is 2.36. The molecule has 2 fully saturated rings. The Kier molecular flexibility index (Phi) is 8.66. The number of rotatable bonds is 8. The van der Waals surface area contributed by atoms with Crippen LogP contribution in [0.1, 0.15) is 24.8 Å². The van der Waals surface area contributed by atoms with Crippen LogP contribution in [-0.4, -0.2) is 62.5 Å². The van der Waals surface area contributed by atoms with Gasteiger partial charge in [0.15, 0.2) is 0 Å². The van der Waals surface area contributed by atoms with Crippen molar-refractivity contribution in [3.05, 3.63) is 95.8 Å². The van der Waals surface area contributed by atoms with Gasteiger partial charge in [0.1, 0.15) is 5.82 Å². The molecule has 40 heavy (non-hydrogen) atoms. The maximum Gasteiger partial charge on any atom is 0.264 e. The van der Waals surface area contributed by atoms with Crippen molar-refractivity contribution in [1.29, 1.82) is 0 Å². The molecule has 0 unspecified atom stereocenters. The zero-order valence-corrected chi connectivity index (χ0v) is 23.2. The van der Waals surface area contributed by atoms with Crippen molar-refractivity contribution in [2.45, 2.75) is 32.2 Å². The van der Waals surface area contributed by atoms with Crippen LogP contribution in [-0.2, 0) is 6.54 Å². The Balaban J connectivity index is 1.47. The van der Waals surface area contributed by atoms with Crippen molar-refractivity contribution in [1.82, 2.24) is 15.1 Å². The SMILES string of the molecule is C=C1C=C(C(F)F)C(C(=C)Nc2cc(-c3cc(CN4CCCCC4)ccc3F)ccc2N2CCN(C)CC2)=CN1. The Morgan fingerprint density at radius 1 is 1.00 bits per heavy atom. The van der Waals surface area contributed by atoms with Gasteiger partial charge in [-0.2, -0.15) is 0 Å². The van der Waals surface area contributed by atoms with Gasteiger partial charge in [0.25, 0.3) is 6.43 Å². The van der Waals surface area contributed by atoms with Crippen molar-refractivity contribution >= 4 is 11.4 Å². The first-order chi connectivity index (χ1) is 19.3. The van der Waals surface area contributed by atoms with Gasteiger partial charge >= 0.3 is 0 Å². The van der Waals surface area contributed by atoms with E-state index in [0.29, 0.717) is 22.6 Å². The topological polar surface area (TPSA) is 33.8 Å². The third-order valence-corrected chi connectivity index (χ3v) is 7.93. The van der Waals surface area contributed by atoms with E-state index in [0.717, 1.165) is 62.6 Å². The highest BCUT2D eigenvalue weighted by atomic mass is 19.3. The number of benzene rings is 2. The molecule has 0 saturated carbocycles. The second kappa shape index (κ2) is 12.4. The van der Waals surface area contributed by atoms with Gasteiger partial charge in [-0.25, -0.2) is 13.2 Å². The predicted octanol–water partition coefficient (Wildman–Crippen LogP) is 6.35. The van der Waals surface area contributed by atoms with Crippen molar-refractivity contribution in [3.8, 4) is 11.1 Å². The largest absolute Gasteiger partial charge is 0.367 e. The van der Waals surface area contributed by atoms with Crippen molar-refractivity contribution in [3.63, 3.8) is 0 Å². The normalized spacial score (nSPS) is 18.8. The smallest absolute Gasteiger partial charge is 0.264 e. The summed E-state index contributed by atoms with van der Waals surface area (Å²) in [6.45, 7) is 14.2. The average molecular weight is 550 g/mol. The summed E-state index contributed by atoms with van der Waals surface area (Å²) in [6, 6.07) is 11.2. The molecule has 2 aromatic carbocycles. The van der Waals surface area contributed by atoms with E-state index in [-0.39, 0.29) is 17.0 Å². The summed E-state index contributed by atoms with van der Waals surface area (Å²) in [5, 5.41) is 6.22. The maximum atomic E-state index is 15.2. The first-order valence-corrected chi connectivity index (χ1v) is 14.0. The molecule has 5 rings (SSSR count). The number of allylic oxidation sites excluding steroid dienone is 2. The second-order valence-electron chi connectivity index (χ2n) is 10.9. The minimum Gasteiger partial charge on any atom is -0.367 e. The van der Waals surface area contributed by atoms with E-state index in [4.69, 9.17) is 0 Å². The number of halogens is 3. The molecule has 0 aliphatic carbocycles. The van der Waals surface area contributed by atoms with Crippen LogP contribution in [0.5, 0.6) is 0 Å². The number of dihydropyridines is 1. The Morgan fingerprint density at radius 2 is 1.75 bits per heavy atom. The summed E-state index contributed by atoms with van der Waals surface area (Å²) in [4.78, 5) is 6.95. The number of alkyl halides is 2. The van der Waals surface area contributed by atoms with Gasteiger partial charge in [-0.3, -0.25) is 4.90 Å². The first kappa shape index (κ1) is 28.1. The molecule has 0 spiro atoms. The number of likely N-dealkylation sites (N-methyl/N-ethyl adjacent to an activating group) is 1. The third-order valence-electron chi connectivity index (χ3n) is 7.93.